The molecule has 1 aliphatic rings. The molecule has 1 aliphatic carbocycles. The van der Waals surface area contributed by atoms with Crippen molar-refractivity contribution < 1.29 is 13.9 Å². The number of hydrogen-bond acceptors (Lipinski definition) is 4. The Morgan fingerprint density at radius 3 is 2.64 bits per heavy atom. The molecule has 1 fully saturated rings. The van der Waals surface area contributed by atoms with E-state index in [4.69, 9.17) is 9.15 Å². The van der Waals surface area contributed by atoms with Crippen LogP contribution in [0.1, 0.15) is 34.5 Å². The summed E-state index contributed by atoms with van der Waals surface area (Å²) in [5.41, 5.74) is 2.81. The monoisotopic (exact) mass is 560 g/mol. The normalized spacial score (nSPS) is 13.1. The molecule has 0 radical (unpaired) electrons. The Bertz CT molecular complexity index is 1070. The molecule has 7 nitrogen and oxygen atoms in total. The number of nitrogens with one attached hydrogen (secondary N) is 3. The lowest BCUT2D eigenvalue weighted by Gasteiger charge is -2.15. The first-order valence-corrected chi connectivity index (χ1v) is 10.8. The van der Waals surface area contributed by atoms with Gasteiger partial charge in [0.05, 0.1) is 12.9 Å². The van der Waals surface area contributed by atoms with Crippen molar-refractivity contribution in [3.8, 4) is 5.75 Å². The Hall–Kier alpha value is -3.01. The van der Waals surface area contributed by atoms with Crippen LogP contribution in [0.15, 0.2) is 76.3 Å². The third kappa shape index (κ3) is 7.52. The summed E-state index contributed by atoms with van der Waals surface area (Å²) in [6.07, 6.45) is 4.01. The fourth-order valence-electron chi connectivity index (χ4n) is 3.23. The summed E-state index contributed by atoms with van der Waals surface area (Å²) in [5.74, 6) is 2.32. The maximum Gasteiger partial charge on any atom is 0.291 e. The molecule has 174 valence electrons. The van der Waals surface area contributed by atoms with E-state index in [0.29, 0.717) is 30.7 Å². The van der Waals surface area contributed by atoms with Crippen LogP contribution >= 0.6 is 24.0 Å². The highest BCUT2D eigenvalue weighted by Crippen LogP contribution is 2.30. The summed E-state index contributed by atoms with van der Waals surface area (Å²) in [4.78, 5) is 16.5. The molecule has 3 aromatic rings. The number of carbonyl (C=O) groups excluding carboxylic acids is 1. The topological polar surface area (TPSA) is 87.9 Å². The zero-order valence-electron chi connectivity index (χ0n) is 18.5. The Morgan fingerprint density at radius 2 is 1.88 bits per heavy atom. The molecule has 1 aromatic heterocycles. The SMILES string of the molecule is CN=C(NCc1cccc(NC(=O)c2ccco2)c1)NCc1ccccc1OCC1CC1.I. The number of halogens is 1. The van der Waals surface area contributed by atoms with Gasteiger partial charge in [0.2, 0.25) is 0 Å². The third-order valence-corrected chi connectivity index (χ3v) is 5.20. The summed E-state index contributed by atoms with van der Waals surface area (Å²) in [7, 11) is 1.74. The minimum Gasteiger partial charge on any atom is -0.493 e. The van der Waals surface area contributed by atoms with E-state index in [1.54, 1.807) is 19.2 Å². The van der Waals surface area contributed by atoms with Gasteiger partial charge < -0.3 is 25.1 Å². The fourth-order valence-corrected chi connectivity index (χ4v) is 3.23. The van der Waals surface area contributed by atoms with Gasteiger partial charge in [-0.1, -0.05) is 30.3 Å². The van der Waals surface area contributed by atoms with Crippen molar-refractivity contribution in [3.63, 3.8) is 0 Å². The molecular formula is C25H29IN4O3. The van der Waals surface area contributed by atoms with Crippen molar-refractivity contribution in [2.75, 3.05) is 19.0 Å². The summed E-state index contributed by atoms with van der Waals surface area (Å²) in [6.45, 7) is 1.96. The summed E-state index contributed by atoms with van der Waals surface area (Å²) in [6, 6.07) is 19.1. The van der Waals surface area contributed by atoms with E-state index in [9.17, 15) is 4.79 Å². The largest absolute Gasteiger partial charge is 0.493 e. The molecule has 4 rings (SSSR count). The van der Waals surface area contributed by atoms with Crippen LogP contribution in [0.25, 0.3) is 0 Å². The van der Waals surface area contributed by atoms with E-state index < -0.39 is 0 Å². The van der Waals surface area contributed by atoms with Gasteiger partial charge in [-0.25, -0.2) is 0 Å². The van der Waals surface area contributed by atoms with E-state index >= 15 is 0 Å². The maximum absolute atomic E-state index is 12.2. The van der Waals surface area contributed by atoms with Crippen LogP contribution in [-0.2, 0) is 13.1 Å². The van der Waals surface area contributed by atoms with E-state index in [2.05, 4.69) is 27.0 Å². The van der Waals surface area contributed by atoms with Crippen molar-refractivity contribution >= 4 is 41.5 Å². The number of aliphatic imine (C=N–C) groups is 1. The van der Waals surface area contributed by atoms with Gasteiger partial charge in [0.25, 0.3) is 5.91 Å². The highest BCUT2D eigenvalue weighted by atomic mass is 127. The van der Waals surface area contributed by atoms with Crippen molar-refractivity contribution in [1.82, 2.24) is 10.6 Å². The van der Waals surface area contributed by atoms with Crippen LogP contribution in [0, 0.1) is 5.92 Å². The number of anilines is 1. The quantitative estimate of drug-likeness (QED) is 0.199. The van der Waals surface area contributed by atoms with Crippen molar-refractivity contribution in [2.24, 2.45) is 10.9 Å². The minimum atomic E-state index is -0.278. The van der Waals surface area contributed by atoms with Gasteiger partial charge in [0, 0.05) is 31.4 Å². The van der Waals surface area contributed by atoms with Gasteiger partial charge in [-0.15, -0.1) is 24.0 Å². The minimum absolute atomic E-state index is 0. The van der Waals surface area contributed by atoms with E-state index in [-0.39, 0.29) is 35.6 Å². The molecular weight excluding hydrogens is 531 g/mol. The van der Waals surface area contributed by atoms with Gasteiger partial charge in [0.1, 0.15) is 5.75 Å². The van der Waals surface area contributed by atoms with E-state index in [1.165, 1.54) is 19.1 Å². The highest BCUT2D eigenvalue weighted by Gasteiger charge is 2.22. The molecule has 0 bridgehead atoms. The molecule has 0 aliphatic heterocycles. The second-order valence-corrected chi connectivity index (χ2v) is 7.77. The van der Waals surface area contributed by atoms with Crippen molar-refractivity contribution in [1.29, 1.82) is 0 Å². The third-order valence-electron chi connectivity index (χ3n) is 5.20. The number of guanidine groups is 1. The van der Waals surface area contributed by atoms with Crippen LogP contribution < -0.4 is 20.7 Å². The molecule has 0 saturated heterocycles. The molecule has 1 heterocycles. The molecule has 1 amide bonds. The average molecular weight is 560 g/mol. The summed E-state index contributed by atoms with van der Waals surface area (Å²) < 4.78 is 11.1. The lowest BCUT2D eigenvalue weighted by atomic mass is 10.2. The van der Waals surface area contributed by atoms with Crippen LogP contribution in [0.4, 0.5) is 5.69 Å². The number of carbonyl (C=O) groups is 1. The Labute approximate surface area is 211 Å². The van der Waals surface area contributed by atoms with Gasteiger partial charge in [-0.05, 0) is 54.7 Å². The first kappa shape index (κ1) is 24.6. The van der Waals surface area contributed by atoms with Crippen LogP contribution in [-0.4, -0.2) is 25.5 Å². The number of benzene rings is 2. The van der Waals surface area contributed by atoms with Gasteiger partial charge in [-0.3, -0.25) is 9.79 Å². The number of furan rings is 1. The molecule has 0 atom stereocenters. The lowest BCUT2D eigenvalue weighted by molar-refractivity contribution is 0.0996. The Balaban J connectivity index is 0.00000306. The highest BCUT2D eigenvalue weighted by molar-refractivity contribution is 14.0. The zero-order chi connectivity index (χ0) is 22.2. The summed E-state index contributed by atoms with van der Waals surface area (Å²) in [5, 5.41) is 9.50. The standard InChI is InChI=1S/C25H28N4O3.HI/c1-26-25(28-16-20-7-2-3-9-22(20)32-17-18-11-12-18)27-15-19-6-4-8-21(14-19)29-24(30)23-10-5-13-31-23;/h2-10,13-14,18H,11-12,15-17H2,1H3,(H,29,30)(H2,26,27,28);1H. The Morgan fingerprint density at radius 1 is 1.06 bits per heavy atom. The first-order valence-electron chi connectivity index (χ1n) is 10.8. The van der Waals surface area contributed by atoms with Crippen LogP contribution in [0.2, 0.25) is 0 Å². The van der Waals surface area contributed by atoms with Crippen molar-refractivity contribution in [2.45, 2.75) is 25.9 Å². The predicted molar refractivity (Wildman–Crippen MR) is 140 cm³/mol. The molecule has 33 heavy (non-hydrogen) atoms. The zero-order valence-corrected chi connectivity index (χ0v) is 20.9. The average Bonchev–Trinajstić information content (AvgIpc) is 3.48. The molecule has 0 unspecified atom stereocenters. The number of amides is 1. The number of ether oxygens (including phenoxy) is 1. The smallest absolute Gasteiger partial charge is 0.291 e. The predicted octanol–water partition coefficient (Wildman–Crippen LogP) is 4.80. The van der Waals surface area contributed by atoms with Gasteiger partial charge in [-0.2, -0.15) is 0 Å². The Kier molecular flexibility index (Phi) is 9.17. The van der Waals surface area contributed by atoms with Gasteiger partial charge >= 0.3 is 0 Å². The summed E-state index contributed by atoms with van der Waals surface area (Å²) >= 11 is 0. The van der Waals surface area contributed by atoms with Gasteiger partial charge in [0.15, 0.2) is 11.7 Å². The molecule has 2 aromatic carbocycles. The number of para-hydroxylation sites is 1. The fraction of sp³-hybridized carbons (Fsp3) is 0.280. The molecule has 0 spiro atoms. The molecule has 1 saturated carbocycles. The number of hydrogen-bond donors (Lipinski definition) is 3. The molecule has 3 N–H and O–H groups in total. The van der Waals surface area contributed by atoms with E-state index in [0.717, 1.165) is 23.5 Å². The maximum atomic E-state index is 12.2. The second kappa shape index (κ2) is 12.3. The molecule has 8 heteroatoms. The van der Waals surface area contributed by atoms with Crippen molar-refractivity contribution in [3.05, 3.63) is 83.8 Å². The number of rotatable bonds is 9. The van der Waals surface area contributed by atoms with Crippen LogP contribution in [0.5, 0.6) is 5.75 Å². The first-order chi connectivity index (χ1) is 15.7. The lowest BCUT2D eigenvalue weighted by Crippen LogP contribution is -2.36. The second-order valence-electron chi connectivity index (χ2n) is 7.77. The van der Waals surface area contributed by atoms with E-state index in [1.807, 2.05) is 42.5 Å². The number of nitrogens with zero attached hydrogens (tertiary/aromatic N) is 1. The van der Waals surface area contributed by atoms with Crippen LogP contribution in [0.3, 0.4) is 0 Å².